The average molecular weight is 302 g/mol. The van der Waals surface area contributed by atoms with Gasteiger partial charge in [0.25, 0.3) is 10.0 Å². The van der Waals surface area contributed by atoms with Gasteiger partial charge in [-0.25, -0.2) is 18.1 Å². The highest BCUT2D eigenvalue weighted by atomic mass is 32.2. The molecule has 0 fully saturated rings. The maximum absolute atomic E-state index is 12.4. The Bertz CT molecular complexity index is 551. The fourth-order valence-corrected chi connectivity index (χ4v) is 3.81. The van der Waals surface area contributed by atoms with E-state index in [-0.39, 0.29) is 11.6 Å². The summed E-state index contributed by atoms with van der Waals surface area (Å²) in [6.45, 7) is 10.6. The highest BCUT2D eigenvalue weighted by molar-refractivity contribution is 7.89. The molecule has 0 saturated heterocycles. The van der Waals surface area contributed by atoms with Gasteiger partial charge in [-0.15, -0.1) is 0 Å². The number of aryl methyl sites for hydroxylation is 2. The number of hydrogen-bond acceptors (Lipinski definition) is 4. The molecule has 0 amide bonds. The van der Waals surface area contributed by atoms with Crippen molar-refractivity contribution < 1.29 is 8.42 Å². The third kappa shape index (κ3) is 4.04. The number of aromatic nitrogens is 2. The standard InChI is InChI=1S/C13H26N4O2S/c1-6-17-8-12(15-11(17)4)20(18,19)16-13(5,9-14)7-10(2)3/h8,10,16H,6-7,9,14H2,1-5H3. The van der Waals surface area contributed by atoms with E-state index >= 15 is 0 Å². The first-order valence-corrected chi connectivity index (χ1v) is 8.39. The van der Waals surface area contributed by atoms with Crippen LogP contribution in [0.5, 0.6) is 0 Å². The molecule has 20 heavy (non-hydrogen) atoms. The molecular formula is C13H26N4O2S. The Morgan fingerprint density at radius 2 is 2.10 bits per heavy atom. The lowest BCUT2D eigenvalue weighted by molar-refractivity contribution is 0.344. The highest BCUT2D eigenvalue weighted by Crippen LogP contribution is 2.19. The van der Waals surface area contributed by atoms with Crippen molar-refractivity contribution in [2.24, 2.45) is 11.7 Å². The van der Waals surface area contributed by atoms with Crippen LogP contribution in [0.3, 0.4) is 0 Å². The predicted molar refractivity (Wildman–Crippen MR) is 79.9 cm³/mol. The largest absolute Gasteiger partial charge is 0.334 e. The van der Waals surface area contributed by atoms with Gasteiger partial charge in [-0.1, -0.05) is 13.8 Å². The van der Waals surface area contributed by atoms with Crippen LogP contribution < -0.4 is 10.5 Å². The predicted octanol–water partition coefficient (Wildman–Crippen LogP) is 1.25. The van der Waals surface area contributed by atoms with Crippen LogP contribution in [0.2, 0.25) is 0 Å². The Balaban J connectivity index is 3.03. The third-order valence-corrected chi connectivity index (χ3v) is 4.77. The fraction of sp³-hybridized carbons (Fsp3) is 0.769. The molecule has 6 nitrogen and oxygen atoms in total. The molecule has 3 N–H and O–H groups in total. The van der Waals surface area contributed by atoms with Crippen LogP contribution in [-0.2, 0) is 16.6 Å². The van der Waals surface area contributed by atoms with Crippen LogP contribution >= 0.6 is 0 Å². The van der Waals surface area contributed by atoms with Crippen molar-refractivity contribution in [3.05, 3.63) is 12.0 Å². The molecular weight excluding hydrogens is 276 g/mol. The summed E-state index contributed by atoms with van der Waals surface area (Å²) in [6, 6.07) is 0. The minimum Gasteiger partial charge on any atom is -0.334 e. The van der Waals surface area contributed by atoms with Crippen molar-refractivity contribution in [1.82, 2.24) is 14.3 Å². The Labute approximate surface area is 121 Å². The van der Waals surface area contributed by atoms with E-state index in [4.69, 9.17) is 5.73 Å². The van der Waals surface area contributed by atoms with Crippen molar-refractivity contribution in [1.29, 1.82) is 0 Å². The summed E-state index contributed by atoms with van der Waals surface area (Å²) >= 11 is 0. The molecule has 1 aromatic rings. The fourth-order valence-electron chi connectivity index (χ4n) is 2.37. The number of nitrogens with one attached hydrogen (secondary N) is 1. The van der Waals surface area contributed by atoms with Gasteiger partial charge >= 0.3 is 0 Å². The van der Waals surface area contributed by atoms with Crippen molar-refractivity contribution in [2.75, 3.05) is 6.54 Å². The van der Waals surface area contributed by atoms with Crippen molar-refractivity contribution in [3.8, 4) is 0 Å². The molecule has 0 aliphatic rings. The molecule has 1 rings (SSSR count). The summed E-state index contributed by atoms with van der Waals surface area (Å²) in [5.41, 5.74) is 5.09. The van der Waals surface area contributed by atoms with E-state index in [1.807, 2.05) is 27.7 Å². The Morgan fingerprint density at radius 3 is 2.50 bits per heavy atom. The van der Waals surface area contributed by atoms with Gasteiger partial charge in [0.1, 0.15) is 5.82 Å². The second kappa shape index (κ2) is 6.24. The lowest BCUT2D eigenvalue weighted by Crippen LogP contribution is -2.52. The topological polar surface area (TPSA) is 90.0 Å². The number of sulfonamides is 1. The van der Waals surface area contributed by atoms with Crippen molar-refractivity contribution >= 4 is 10.0 Å². The Hall–Kier alpha value is -0.920. The van der Waals surface area contributed by atoms with E-state index in [2.05, 4.69) is 9.71 Å². The Kier molecular flexibility index (Phi) is 5.34. The molecule has 0 aliphatic carbocycles. The van der Waals surface area contributed by atoms with E-state index in [0.717, 1.165) is 0 Å². The summed E-state index contributed by atoms with van der Waals surface area (Å²) in [6.07, 6.45) is 2.24. The molecule has 0 saturated carbocycles. The first kappa shape index (κ1) is 17.1. The minimum absolute atomic E-state index is 0.0558. The normalized spacial score (nSPS) is 15.6. The molecule has 1 aromatic heterocycles. The monoisotopic (exact) mass is 302 g/mol. The summed E-state index contributed by atoms with van der Waals surface area (Å²) in [5, 5.41) is 0.0558. The van der Waals surface area contributed by atoms with Gasteiger partial charge in [-0.05, 0) is 33.1 Å². The first-order chi connectivity index (χ1) is 9.13. The van der Waals surface area contributed by atoms with Gasteiger partial charge < -0.3 is 10.3 Å². The van der Waals surface area contributed by atoms with Gasteiger partial charge in [0.05, 0.1) is 0 Å². The summed E-state index contributed by atoms with van der Waals surface area (Å²) in [4.78, 5) is 4.12. The summed E-state index contributed by atoms with van der Waals surface area (Å²) in [5.74, 6) is 1.03. The van der Waals surface area contributed by atoms with Gasteiger partial charge in [-0.2, -0.15) is 0 Å². The van der Waals surface area contributed by atoms with Crippen LogP contribution in [0, 0.1) is 12.8 Å². The molecule has 0 radical (unpaired) electrons. The first-order valence-electron chi connectivity index (χ1n) is 6.91. The molecule has 0 aromatic carbocycles. The number of hydrogen-bond donors (Lipinski definition) is 2. The highest BCUT2D eigenvalue weighted by Gasteiger charge is 2.31. The Morgan fingerprint density at radius 1 is 1.50 bits per heavy atom. The smallest absolute Gasteiger partial charge is 0.260 e. The number of nitrogens with zero attached hydrogens (tertiary/aromatic N) is 2. The maximum Gasteiger partial charge on any atom is 0.260 e. The van der Waals surface area contributed by atoms with Crippen LogP contribution in [0.1, 0.15) is 39.9 Å². The molecule has 1 atom stereocenters. The van der Waals surface area contributed by atoms with Crippen LogP contribution in [0.25, 0.3) is 0 Å². The van der Waals surface area contributed by atoms with Gasteiger partial charge in [0.2, 0.25) is 0 Å². The number of nitrogens with two attached hydrogens (primary N) is 1. The second-order valence-electron chi connectivity index (χ2n) is 5.88. The lowest BCUT2D eigenvalue weighted by atomic mass is 9.92. The lowest BCUT2D eigenvalue weighted by Gasteiger charge is -2.30. The van der Waals surface area contributed by atoms with Crippen LogP contribution in [-0.4, -0.2) is 30.1 Å². The van der Waals surface area contributed by atoms with E-state index in [9.17, 15) is 8.42 Å². The van der Waals surface area contributed by atoms with E-state index < -0.39 is 15.6 Å². The van der Waals surface area contributed by atoms with Gasteiger partial charge in [-0.3, -0.25) is 0 Å². The van der Waals surface area contributed by atoms with Gasteiger partial charge in [0, 0.05) is 24.8 Å². The second-order valence-corrected chi connectivity index (χ2v) is 7.51. The van der Waals surface area contributed by atoms with Crippen molar-refractivity contribution in [3.63, 3.8) is 0 Å². The third-order valence-electron chi connectivity index (χ3n) is 3.26. The molecule has 7 heteroatoms. The SMILES string of the molecule is CCn1cc(S(=O)(=O)NC(C)(CN)CC(C)C)nc1C. The molecule has 1 unspecified atom stereocenters. The van der Waals surface area contributed by atoms with Gasteiger partial charge in [0.15, 0.2) is 5.03 Å². The molecule has 116 valence electrons. The number of imidazole rings is 1. The quantitative estimate of drug-likeness (QED) is 0.793. The number of rotatable bonds is 7. The summed E-state index contributed by atoms with van der Waals surface area (Å²) in [7, 11) is -3.65. The molecule has 0 aliphatic heterocycles. The maximum atomic E-state index is 12.4. The van der Waals surface area contributed by atoms with E-state index in [0.29, 0.717) is 24.7 Å². The van der Waals surface area contributed by atoms with E-state index in [1.165, 1.54) is 0 Å². The average Bonchev–Trinajstić information content (AvgIpc) is 2.69. The molecule has 0 spiro atoms. The minimum atomic E-state index is -3.65. The van der Waals surface area contributed by atoms with E-state index in [1.54, 1.807) is 17.7 Å². The van der Waals surface area contributed by atoms with Crippen molar-refractivity contribution in [2.45, 2.75) is 58.1 Å². The summed E-state index contributed by atoms with van der Waals surface area (Å²) < 4.78 is 29.4. The zero-order valence-corrected chi connectivity index (χ0v) is 13.8. The van der Waals surface area contributed by atoms with Crippen LogP contribution in [0.15, 0.2) is 11.2 Å². The molecule has 0 bridgehead atoms. The zero-order valence-electron chi connectivity index (χ0n) is 13.0. The zero-order chi connectivity index (χ0) is 15.6. The molecule has 1 heterocycles. The van der Waals surface area contributed by atoms with Crippen LogP contribution in [0.4, 0.5) is 0 Å².